The Kier molecular flexibility index (Phi) is 4.20. The van der Waals surface area contributed by atoms with E-state index in [1.807, 2.05) is 0 Å². The molecule has 2 aromatic carbocycles. The molecule has 7 heteroatoms. The van der Waals surface area contributed by atoms with Crippen LogP contribution in [0.25, 0.3) is 0 Å². The van der Waals surface area contributed by atoms with E-state index in [2.05, 4.69) is 5.32 Å². The van der Waals surface area contributed by atoms with Crippen molar-refractivity contribution in [1.29, 1.82) is 0 Å². The normalized spacial score (nSPS) is 18.7. The average molecular weight is 356 g/mol. The quantitative estimate of drug-likeness (QED) is 0.915. The molecule has 0 aliphatic carbocycles. The van der Waals surface area contributed by atoms with Crippen molar-refractivity contribution in [3.8, 4) is 11.5 Å². The van der Waals surface area contributed by atoms with E-state index in [0.29, 0.717) is 36.9 Å². The largest absolute Gasteiger partial charge is 0.486 e. The Bertz CT molecular complexity index is 870. The third kappa shape index (κ3) is 3.08. The molecule has 1 atom stereocenters. The maximum absolute atomic E-state index is 13.7. The van der Waals surface area contributed by atoms with Gasteiger partial charge in [0, 0.05) is 24.7 Å². The van der Waals surface area contributed by atoms with Crippen molar-refractivity contribution in [2.24, 2.45) is 0 Å². The average Bonchev–Trinajstić information content (AvgIpc) is 3.01. The fraction of sp³-hybridized carbons (Fsp3) is 0.263. The SMILES string of the molecule is O=C(NC1CC(=O)N(c2ccc3c(c2)OCCO3)C1)c1ccccc1F. The van der Waals surface area contributed by atoms with Crippen LogP contribution in [0.2, 0.25) is 0 Å². The van der Waals surface area contributed by atoms with E-state index in [4.69, 9.17) is 9.47 Å². The molecule has 0 saturated carbocycles. The summed E-state index contributed by atoms with van der Waals surface area (Å²) in [7, 11) is 0. The highest BCUT2D eigenvalue weighted by molar-refractivity contribution is 5.99. The molecule has 6 nitrogen and oxygen atoms in total. The van der Waals surface area contributed by atoms with Gasteiger partial charge < -0.3 is 19.7 Å². The fourth-order valence-corrected chi connectivity index (χ4v) is 3.16. The maximum atomic E-state index is 13.7. The number of hydrogen-bond acceptors (Lipinski definition) is 4. The minimum Gasteiger partial charge on any atom is -0.486 e. The summed E-state index contributed by atoms with van der Waals surface area (Å²) in [5, 5.41) is 2.73. The second kappa shape index (κ2) is 6.67. The van der Waals surface area contributed by atoms with Crippen LogP contribution >= 0.6 is 0 Å². The first-order valence-corrected chi connectivity index (χ1v) is 8.37. The zero-order valence-corrected chi connectivity index (χ0v) is 13.9. The predicted octanol–water partition coefficient (Wildman–Crippen LogP) is 2.13. The van der Waals surface area contributed by atoms with Crippen molar-refractivity contribution in [3.63, 3.8) is 0 Å². The number of nitrogens with one attached hydrogen (secondary N) is 1. The van der Waals surface area contributed by atoms with E-state index < -0.39 is 11.7 Å². The van der Waals surface area contributed by atoms with Gasteiger partial charge in [0.15, 0.2) is 11.5 Å². The molecule has 1 unspecified atom stereocenters. The molecule has 134 valence electrons. The Hall–Kier alpha value is -3.09. The molecular formula is C19H17FN2O4. The van der Waals surface area contributed by atoms with E-state index in [0.717, 1.165) is 0 Å². The molecule has 0 radical (unpaired) electrons. The van der Waals surface area contributed by atoms with Crippen LogP contribution in [0.3, 0.4) is 0 Å². The van der Waals surface area contributed by atoms with Crippen molar-refractivity contribution in [3.05, 3.63) is 53.8 Å². The van der Waals surface area contributed by atoms with E-state index >= 15 is 0 Å². The van der Waals surface area contributed by atoms with Crippen LogP contribution in [0.1, 0.15) is 16.8 Å². The standard InChI is InChI=1S/C19H17FN2O4/c20-15-4-2-1-3-14(15)19(24)21-12-9-18(23)22(11-12)13-5-6-16-17(10-13)26-8-7-25-16/h1-6,10,12H,7-9,11H2,(H,21,24). The summed E-state index contributed by atoms with van der Waals surface area (Å²) >= 11 is 0. The summed E-state index contributed by atoms with van der Waals surface area (Å²) < 4.78 is 24.8. The van der Waals surface area contributed by atoms with Gasteiger partial charge in [-0.1, -0.05) is 12.1 Å². The summed E-state index contributed by atoms with van der Waals surface area (Å²) in [4.78, 5) is 26.2. The highest BCUT2D eigenvalue weighted by atomic mass is 19.1. The van der Waals surface area contributed by atoms with Gasteiger partial charge in [0.2, 0.25) is 5.91 Å². The lowest BCUT2D eigenvalue weighted by Gasteiger charge is -2.22. The van der Waals surface area contributed by atoms with E-state index in [1.54, 1.807) is 29.2 Å². The number of carbonyl (C=O) groups is 2. The van der Waals surface area contributed by atoms with Crippen molar-refractivity contribution in [2.75, 3.05) is 24.7 Å². The zero-order valence-electron chi connectivity index (χ0n) is 13.9. The van der Waals surface area contributed by atoms with Gasteiger partial charge in [-0.15, -0.1) is 0 Å². The van der Waals surface area contributed by atoms with Gasteiger partial charge in [-0.2, -0.15) is 0 Å². The molecule has 1 saturated heterocycles. The van der Waals surface area contributed by atoms with Gasteiger partial charge in [-0.25, -0.2) is 4.39 Å². The zero-order chi connectivity index (χ0) is 18.1. The number of rotatable bonds is 3. The molecule has 0 bridgehead atoms. The molecule has 2 aliphatic heterocycles. The smallest absolute Gasteiger partial charge is 0.254 e. The molecule has 0 spiro atoms. The number of ether oxygens (including phenoxy) is 2. The molecule has 1 N–H and O–H groups in total. The number of carbonyl (C=O) groups excluding carboxylic acids is 2. The van der Waals surface area contributed by atoms with Gasteiger partial charge in [-0.3, -0.25) is 9.59 Å². The molecule has 2 aromatic rings. The second-order valence-corrected chi connectivity index (χ2v) is 6.19. The van der Waals surface area contributed by atoms with Crippen LogP contribution in [0.15, 0.2) is 42.5 Å². The van der Waals surface area contributed by atoms with Crippen molar-refractivity contribution in [2.45, 2.75) is 12.5 Å². The Morgan fingerprint density at radius 1 is 1.12 bits per heavy atom. The number of fused-ring (bicyclic) bond motifs is 1. The highest BCUT2D eigenvalue weighted by Crippen LogP contribution is 2.35. The minimum absolute atomic E-state index is 0.0299. The van der Waals surface area contributed by atoms with Gasteiger partial charge in [-0.05, 0) is 24.3 Å². The summed E-state index contributed by atoms with van der Waals surface area (Å²) in [5.74, 6) is 0.0277. The molecule has 26 heavy (non-hydrogen) atoms. The number of anilines is 1. The summed E-state index contributed by atoms with van der Waals surface area (Å²) in [5.41, 5.74) is 0.652. The van der Waals surface area contributed by atoms with Crippen LogP contribution in [-0.4, -0.2) is 37.6 Å². The van der Waals surface area contributed by atoms with Crippen LogP contribution < -0.4 is 19.7 Å². The van der Waals surface area contributed by atoms with Crippen molar-refractivity contribution < 1.29 is 23.5 Å². The lowest BCUT2D eigenvalue weighted by atomic mass is 10.1. The number of benzene rings is 2. The third-order valence-corrected chi connectivity index (χ3v) is 4.42. The lowest BCUT2D eigenvalue weighted by Crippen LogP contribution is -2.37. The van der Waals surface area contributed by atoms with Crippen LogP contribution in [0, 0.1) is 5.82 Å². The summed E-state index contributed by atoms with van der Waals surface area (Å²) in [6.07, 6.45) is 0.161. The van der Waals surface area contributed by atoms with Gasteiger partial charge >= 0.3 is 0 Å². The first-order chi connectivity index (χ1) is 12.6. The Morgan fingerprint density at radius 2 is 1.88 bits per heavy atom. The minimum atomic E-state index is -0.585. The molecule has 2 heterocycles. The molecule has 2 amide bonds. The first kappa shape index (κ1) is 16.4. The monoisotopic (exact) mass is 356 g/mol. The molecule has 4 rings (SSSR count). The maximum Gasteiger partial charge on any atom is 0.254 e. The fourth-order valence-electron chi connectivity index (χ4n) is 3.16. The van der Waals surface area contributed by atoms with E-state index in [9.17, 15) is 14.0 Å². The van der Waals surface area contributed by atoms with Gasteiger partial charge in [0.25, 0.3) is 5.91 Å². The van der Waals surface area contributed by atoms with Crippen LogP contribution in [-0.2, 0) is 4.79 Å². The molecule has 1 fully saturated rings. The van der Waals surface area contributed by atoms with Crippen LogP contribution in [0.4, 0.5) is 10.1 Å². The van der Waals surface area contributed by atoms with Gasteiger partial charge in [0.05, 0.1) is 11.6 Å². The lowest BCUT2D eigenvalue weighted by molar-refractivity contribution is -0.117. The Balaban J connectivity index is 1.47. The van der Waals surface area contributed by atoms with E-state index in [-0.39, 0.29) is 23.9 Å². The molecular weight excluding hydrogens is 339 g/mol. The van der Waals surface area contributed by atoms with Crippen molar-refractivity contribution in [1.82, 2.24) is 5.32 Å². The predicted molar refractivity (Wildman–Crippen MR) is 92.1 cm³/mol. The molecule has 2 aliphatic rings. The highest BCUT2D eigenvalue weighted by Gasteiger charge is 2.32. The number of halogens is 1. The van der Waals surface area contributed by atoms with Crippen molar-refractivity contribution >= 4 is 17.5 Å². The molecule has 0 aromatic heterocycles. The summed E-state index contributed by atoms with van der Waals surface area (Å²) in [6, 6.07) is 10.7. The topological polar surface area (TPSA) is 67.9 Å². The Morgan fingerprint density at radius 3 is 2.69 bits per heavy atom. The third-order valence-electron chi connectivity index (χ3n) is 4.42. The van der Waals surface area contributed by atoms with E-state index in [1.165, 1.54) is 18.2 Å². The van der Waals surface area contributed by atoms with Crippen LogP contribution in [0.5, 0.6) is 11.5 Å². The number of hydrogen-bond donors (Lipinski definition) is 1. The Labute approximate surface area is 149 Å². The number of amides is 2. The second-order valence-electron chi connectivity index (χ2n) is 6.19. The first-order valence-electron chi connectivity index (χ1n) is 8.37. The number of nitrogens with zero attached hydrogens (tertiary/aromatic N) is 1. The van der Waals surface area contributed by atoms with Gasteiger partial charge in [0.1, 0.15) is 19.0 Å². The summed E-state index contributed by atoms with van der Waals surface area (Å²) in [6.45, 7) is 1.28.